The normalized spacial score (nSPS) is 10.2. The summed E-state index contributed by atoms with van der Waals surface area (Å²) in [6.45, 7) is 3.33. The number of aromatic nitrogens is 1. The molecule has 3 N–H and O–H groups in total. The molecule has 0 aliphatic carbocycles. The summed E-state index contributed by atoms with van der Waals surface area (Å²) in [7, 11) is 0. The molecular formula is C13H13N3O3. The van der Waals surface area contributed by atoms with E-state index in [2.05, 4.69) is 10.3 Å². The Hall–Kier alpha value is -2.63. The standard InChI is InChI=1S/C13H13N3O3/c1-7-11(19-8(2)15-7)13(18)16-10-6-4-3-5-9(10)12(14)17/h3-6H,1-2H3,(H2,14,17)(H,16,18). The Balaban J connectivity index is 2.29. The number of hydrogen-bond donors (Lipinski definition) is 2. The van der Waals surface area contributed by atoms with Gasteiger partial charge in [0.15, 0.2) is 5.89 Å². The third-order valence-electron chi connectivity index (χ3n) is 2.55. The van der Waals surface area contributed by atoms with Crippen molar-refractivity contribution in [1.29, 1.82) is 0 Å². The van der Waals surface area contributed by atoms with Crippen LogP contribution in [0.2, 0.25) is 0 Å². The number of carbonyl (C=O) groups excluding carboxylic acids is 2. The van der Waals surface area contributed by atoms with Gasteiger partial charge in [0.25, 0.3) is 11.8 Å². The van der Waals surface area contributed by atoms with Crippen molar-refractivity contribution in [3.05, 3.63) is 47.2 Å². The van der Waals surface area contributed by atoms with Gasteiger partial charge in [0, 0.05) is 6.92 Å². The summed E-state index contributed by atoms with van der Waals surface area (Å²) < 4.78 is 5.21. The van der Waals surface area contributed by atoms with Gasteiger partial charge in [-0.25, -0.2) is 4.98 Å². The predicted octanol–water partition coefficient (Wildman–Crippen LogP) is 1.64. The first-order chi connectivity index (χ1) is 8.99. The van der Waals surface area contributed by atoms with Crippen LogP contribution in [0.4, 0.5) is 5.69 Å². The van der Waals surface area contributed by atoms with E-state index in [4.69, 9.17) is 10.2 Å². The van der Waals surface area contributed by atoms with Gasteiger partial charge in [-0.15, -0.1) is 0 Å². The van der Waals surface area contributed by atoms with E-state index >= 15 is 0 Å². The highest BCUT2D eigenvalue weighted by molar-refractivity contribution is 6.07. The van der Waals surface area contributed by atoms with Crippen LogP contribution in [0.15, 0.2) is 28.7 Å². The van der Waals surface area contributed by atoms with Crippen LogP contribution in [-0.4, -0.2) is 16.8 Å². The Kier molecular flexibility index (Phi) is 3.33. The Morgan fingerprint density at radius 3 is 2.53 bits per heavy atom. The minimum absolute atomic E-state index is 0.122. The lowest BCUT2D eigenvalue weighted by Crippen LogP contribution is -2.18. The average Bonchev–Trinajstić information content (AvgIpc) is 2.69. The molecule has 2 aromatic rings. The van der Waals surface area contributed by atoms with Crippen LogP contribution in [0.25, 0.3) is 0 Å². The number of carbonyl (C=O) groups is 2. The molecule has 6 nitrogen and oxygen atoms in total. The minimum Gasteiger partial charge on any atom is -0.436 e. The lowest BCUT2D eigenvalue weighted by molar-refractivity contribution is 0.0994. The highest BCUT2D eigenvalue weighted by Gasteiger charge is 2.18. The van der Waals surface area contributed by atoms with Gasteiger partial charge in [-0.3, -0.25) is 9.59 Å². The number of anilines is 1. The second kappa shape index (κ2) is 4.93. The fourth-order valence-corrected chi connectivity index (χ4v) is 1.73. The van der Waals surface area contributed by atoms with Crippen LogP contribution < -0.4 is 11.1 Å². The fourth-order valence-electron chi connectivity index (χ4n) is 1.73. The van der Waals surface area contributed by atoms with E-state index < -0.39 is 11.8 Å². The molecule has 1 heterocycles. The lowest BCUT2D eigenvalue weighted by atomic mass is 10.1. The summed E-state index contributed by atoms with van der Waals surface area (Å²) in [6.07, 6.45) is 0. The van der Waals surface area contributed by atoms with Crippen LogP contribution >= 0.6 is 0 Å². The van der Waals surface area contributed by atoms with E-state index in [1.165, 1.54) is 6.07 Å². The zero-order valence-electron chi connectivity index (χ0n) is 10.6. The van der Waals surface area contributed by atoms with Crippen LogP contribution in [-0.2, 0) is 0 Å². The van der Waals surface area contributed by atoms with Gasteiger partial charge < -0.3 is 15.5 Å². The highest BCUT2D eigenvalue weighted by atomic mass is 16.4. The quantitative estimate of drug-likeness (QED) is 0.875. The van der Waals surface area contributed by atoms with E-state index in [0.717, 1.165) is 0 Å². The molecule has 0 aliphatic heterocycles. The van der Waals surface area contributed by atoms with Crippen LogP contribution in [0.1, 0.15) is 32.5 Å². The van der Waals surface area contributed by atoms with Crippen molar-refractivity contribution in [2.45, 2.75) is 13.8 Å². The molecule has 0 saturated heterocycles. The molecule has 6 heteroatoms. The zero-order valence-corrected chi connectivity index (χ0v) is 10.6. The summed E-state index contributed by atoms with van der Waals surface area (Å²) in [5.41, 5.74) is 6.31. The average molecular weight is 259 g/mol. The van der Waals surface area contributed by atoms with Gasteiger partial charge in [-0.2, -0.15) is 0 Å². The van der Waals surface area contributed by atoms with Crippen LogP contribution in [0.5, 0.6) is 0 Å². The van der Waals surface area contributed by atoms with Crippen molar-refractivity contribution >= 4 is 17.5 Å². The maximum Gasteiger partial charge on any atom is 0.293 e. The summed E-state index contributed by atoms with van der Waals surface area (Å²) in [4.78, 5) is 27.3. The molecule has 0 radical (unpaired) electrons. The van der Waals surface area contributed by atoms with Gasteiger partial charge in [0.1, 0.15) is 0 Å². The smallest absolute Gasteiger partial charge is 0.293 e. The van der Waals surface area contributed by atoms with Gasteiger partial charge in [0.05, 0.1) is 16.9 Å². The van der Waals surface area contributed by atoms with Crippen LogP contribution in [0.3, 0.4) is 0 Å². The molecule has 0 spiro atoms. The van der Waals surface area contributed by atoms with E-state index in [1.54, 1.807) is 32.0 Å². The molecule has 2 rings (SSSR count). The maximum atomic E-state index is 12.0. The first kappa shape index (κ1) is 12.8. The molecular weight excluding hydrogens is 246 g/mol. The summed E-state index contributed by atoms with van der Waals surface area (Å²) in [5.74, 6) is -0.546. The molecule has 19 heavy (non-hydrogen) atoms. The topological polar surface area (TPSA) is 98.2 Å². The van der Waals surface area contributed by atoms with Crippen molar-refractivity contribution in [2.75, 3.05) is 5.32 Å². The lowest BCUT2D eigenvalue weighted by Gasteiger charge is -2.07. The predicted molar refractivity (Wildman–Crippen MR) is 68.9 cm³/mol. The van der Waals surface area contributed by atoms with E-state index in [1.807, 2.05) is 0 Å². The van der Waals surface area contributed by atoms with Crippen molar-refractivity contribution in [1.82, 2.24) is 4.98 Å². The van der Waals surface area contributed by atoms with Gasteiger partial charge >= 0.3 is 0 Å². The summed E-state index contributed by atoms with van der Waals surface area (Å²) >= 11 is 0. The second-order valence-electron chi connectivity index (χ2n) is 4.01. The molecule has 1 aromatic heterocycles. The number of nitrogens with zero attached hydrogens (tertiary/aromatic N) is 1. The SMILES string of the molecule is Cc1nc(C)c(C(=O)Nc2ccccc2C(N)=O)o1. The third kappa shape index (κ3) is 2.62. The molecule has 98 valence electrons. The van der Waals surface area contributed by atoms with Crippen molar-refractivity contribution < 1.29 is 14.0 Å². The second-order valence-corrected chi connectivity index (χ2v) is 4.01. The molecule has 0 saturated carbocycles. The first-order valence-corrected chi connectivity index (χ1v) is 5.63. The first-order valence-electron chi connectivity index (χ1n) is 5.63. The molecule has 0 aliphatic rings. The molecule has 2 amide bonds. The number of rotatable bonds is 3. The van der Waals surface area contributed by atoms with E-state index in [9.17, 15) is 9.59 Å². The van der Waals surface area contributed by atoms with E-state index in [-0.39, 0.29) is 11.3 Å². The minimum atomic E-state index is -0.610. The van der Waals surface area contributed by atoms with Crippen LogP contribution in [0, 0.1) is 13.8 Å². The zero-order chi connectivity index (χ0) is 14.0. The van der Waals surface area contributed by atoms with Gasteiger partial charge in [-0.1, -0.05) is 12.1 Å². The molecule has 0 atom stereocenters. The highest BCUT2D eigenvalue weighted by Crippen LogP contribution is 2.17. The fraction of sp³-hybridized carbons (Fsp3) is 0.154. The van der Waals surface area contributed by atoms with Gasteiger partial charge in [-0.05, 0) is 19.1 Å². The number of benzene rings is 1. The Labute approximate surface area is 109 Å². The number of nitrogens with two attached hydrogens (primary N) is 1. The number of para-hydroxylation sites is 1. The third-order valence-corrected chi connectivity index (χ3v) is 2.55. The Morgan fingerprint density at radius 2 is 1.95 bits per heavy atom. The van der Waals surface area contributed by atoms with Crippen molar-refractivity contribution in [3.63, 3.8) is 0 Å². The molecule has 1 aromatic carbocycles. The number of primary amides is 1. The maximum absolute atomic E-state index is 12.0. The molecule has 0 bridgehead atoms. The van der Waals surface area contributed by atoms with Gasteiger partial charge in [0.2, 0.25) is 5.76 Å². The van der Waals surface area contributed by atoms with Crippen molar-refractivity contribution in [2.24, 2.45) is 5.73 Å². The number of amides is 2. The Bertz CT molecular complexity index is 646. The number of aryl methyl sites for hydroxylation is 2. The Morgan fingerprint density at radius 1 is 1.26 bits per heavy atom. The van der Waals surface area contributed by atoms with Crippen molar-refractivity contribution in [3.8, 4) is 0 Å². The van der Waals surface area contributed by atoms with E-state index in [0.29, 0.717) is 17.3 Å². The molecule has 0 unspecified atom stereocenters. The number of hydrogen-bond acceptors (Lipinski definition) is 4. The summed E-state index contributed by atoms with van der Waals surface area (Å²) in [6, 6.07) is 6.49. The number of nitrogens with one attached hydrogen (secondary N) is 1. The summed E-state index contributed by atoms with van der Waals surface area (Å²) in [5, 5.41) is 2.59. The molecule has 0 fully saturated rings. The number of oxazole rings is 1. The largest absolute Gasteiger partial charge is 0.436 e. The monoisotopic (exact) mass is 259 g/mol.